The lowest BCUT2D eigenvalue weighted by Crippen LogP contribution is -2.12. The fraction of sp³-hybridized carbons (Fsp3) is 0.176. The second-order valence-corrected chi connectivity index (χ2v) is 5.88. The van der Waals surface area contributed by atoms with E-state index in [1.807, 2.05) is 36.4 Å². The van der Waals surface area contributed by atoms with Gasteiger partial charge in [-0.25, -0.2) is 9.78 Å². The normalized spacial score (nSPS) is 11.0. The molecule has 0 aliphatic rings. The lowest BCUT2D eigenvalue weighted by molar-refractivity contribution is -0.142. The Morgan fingerprint density at radius 1 is 1.17 bits per heavy atom. The minimum absolute atomic E-state index is 0.104. The number of carbonyl (C=O) groups excluding carboxylic acids is 1. The van der Waals surface area contributed by atoms with Crippen molar-refractivity contribution >= 4 is 32.7 Å². The Labute approximate surface area is 142 Å². The zero-order chi connectivity index (χ0) is 16.8. The maximum atomic E-state index is 11.0. The first kappa shape index (κ1) is 16.1. The van der Waals surface area contributed by atoms with Crippen molar-refractivity contribution in [2.75, 3.05) is 13.7 Å². The third kappa shape index (κ3) is 4.14. The smallest absolute Gasteiger partial charge is 0.343 e. The van der Waals surface area contributed by atoms with Gasteiger partial charge in [-0.1, -0.05) is 35.6 Å². The molecule has 0 bridgehead atoms. The number of methoxy groups -OCH3 is 1. The molecule has 0 saturated carbocycles. The van der Waals surface area contributed by atoms with E-state index in [1.165, 1.54) is 18.4 Å². The van der Waals surface area contributed by atoms with Gasteiger partial charge in [-0.3, -0.25) is 0 Å². The Kier molecular flexibility index (Phi) is 5.12. The molecule has 7 heteroatoms. The molecule has 0 spiro atoms. The monoisotopic (exact) mass is 341 g/mol. The van der Waals surface area contributed by atoms with Gasteiger partial charge in [0, 0.05) is 0 Å². The molecule has 24 heavy (non-hydrogen) atoms. The van der Waals surface area contributed by atoms with Gasteiger partial charge in [-0.15, -0.1) is 5.11 Å². The summed E-state index contributed by atoms with van der Waals surface area (Å²) in [4.78, 5) is 15.4. The predicted octanol–water partition coefficient (Wildman–Crippen LogP) is 4.13. The number of aromatic nitrogens is 1. The quantitative estimate of drug-likeness (QED) is 0.499. The van der Waals surface area contributed by atoms with Crippen LogP contribution in [0.25, 0.3) is 10.2 Å². The number of esters is 1. The van der Waals surface area contributed by atoms with Crippen LogP contribution in [0.1, 0.15) is 5.56 Å². The van der Waals surface area contributed by atoms with Crippen molar-refractivity contribution in [3.05, 3.63) is 54.1 Å². The lowest BCUT2D eigenvalue weighted by Gasteiger charge is -2.04. The molecule has 3 aromatic rings. The maximum Gasteiger partial charge on any atom is 0.343 e. The number of rotatable bonds is 6. The van der Waals surface area contributed by atoms with Crippen LogP contribution in [0, 0.1) is 0 Å². The zero-order valence-corrected chi connectivity index (χ0v) is 13.8. The van der Waals surface area contributed by atoms with Crippen LogP contribution in [0.15, 0.2) is 58.8 Å². The summed E-state index contributed by atoms with van der Waals surface area (Å²) in [5.41, 5.74) is 1.92. The van der Waals surface area contributed by atoms with Crippen molar-refractivity contribution in [2.24, 2.45) is 10.2 Å². The highest BCUT2D eigenvalue weighted by Crippen LogP contribution is 2.27. The molecule has 3 rings (SSSR count). The summed E-state index contributed by atoms with van der Waals surface area (Å²) in [6.07, 6.45) is 0. The van der Waals surface area contributed by atoms with E-state index in [2.05, 4.69) is 19.9 Å². The van der Waals surface area contributed by atoms with Crippen LogP contribution >= 0.6 is 11.3 Å². The largest absolute Gasteiger partial charge is 0.482 e. The number of para-hydroxylation sites is 1. The standard InChI is InChI=1S/C17H15N3O3S/c1-22-16(21)11-23-13-8-6-12(7-9-13)10-18-20-17-19-14-4-2-3-5-15(14)24-17/h2-9H,10-11H2,1H3. The molecular weight excluding hydrogens is 326 g/mol. The van der Waals surface area contributed by atoms with Gasteiger partial charge in [0.1, 0.15) is 5.75 Å². The first-order chi connectivity index (χ1) is 11.7. The number of benzene rings is 2. The van der Waals surface area contributed by atoms with Crippen LogP contribution in [0.5, 0.6) is 5.75 Å². The van der Waals surface area contributed by atoms with E-state index < -0.39 is 5.97 Å². The highest BCUT2D eigenvalue weighted by molar-refractivity contribution is 7.21. The molecule has 1 heterocycles. The molecule has 6 nitrogen and oxygen atoms in total. The molecule has 0 saturated heterocycles. The number of ether oxygens (including phenoxy) is 2. The second-order valence-electron chi connectivity index (χ2n) is 4.87. The molecule has 1 aromatic heterocycles. The molecule has 0 aliphatic heterocycles. The molecule has 0 radical (unpaired) electrons. The summed E-state index contributed by atoms with van der Waals surface area (Å²) >= 11 is 1.51. The van der Waals surface area contributed by atoms with E-state index in [9.17, 15) is 4.79 Å². The topological polar surface area (TPSA) is 73.1 Å². The minimum atomic E-state index is -0.413. The van der Waals surface area contributed by atoms with E-state index in [0.717, 1.165) is 15.8 Å². The lowest BCUT2D eigenvalue weighted by atomic mass is 10.2. The molecule has 0 amide bonds. The summed E-state index contributed by atoms with van der Waals surface area (Å²) in [5.74, 6) is 0.191. The first-order valence-electron chi connectivity index (χ1n) is 7.26. The van der Waals surface area contributed by atoms with Gasteiger partial charge in [0.2, 0.25) is 5.13 Å². The van der Waals surface area contributed by atoms with Gasteiger partial charge in [0.25, 0.3) is 0 Å². The van der Waals surface area contributed by atoms with E-state index in [4.69, 9.17) is 4.74 Å². The minimum Gasteiger partial charge on any atom is -0.482 e. The Bertz CT molecular complexity index is 826. The Morgan fingerprint density at radius 3 is 2.71 bits per heavy atom. The highest BCUT2D eigenvalue weighted by Gasteiger charge is 2.03. The predicted molar refractivity (Wildman–Crippen MR) is 91.8 cm³/mol. The van der Waals surface area contributed by atoms with Crippen LogP contribution in [0.4, 0.5) is 5.13 Å². The third-order valence-electron chi connectivity index (χ3n) is 3.20. The Hall–Kier alpha value is -2.80. The number of nitrogens with zero attached hydrogens (tertiary/aromatic N) is 3. The van der Waals surface area contributed by atoms with Crippen molar-refractivity contribution in [3.8, 4) is 5.75 Å². The fourth-order valence-corrected chi connectivity index (χ4v) is 2.78. The highest BCUT2D eigenvalue weighted by atomic mass is 32.1. The molecule has 0 N–H and O–H groups in total. The van der Waals surface area contributed by atoms with Gasteiger partial charge in [0.05, 0.1) is 23.9 Å². The van der Waals surface area contributed by atoms with Crippen molar-refractivity contribution < 1.29 is 14.3 Å². The van der Waals surface area contributed by atoms with Crippen LogP contribution < -0.4 is 4.74 Å². The van der Waals surface area contributed by atoms with Crippen molar-refractivity contribution in [1.29, 1.82) is 0 Å². The number of thiazole rings is 1. The van der Waals surface area contributed by atoms with Crippen LogP contribution in [0.3, 0.4) is 0 Å². The van der Waals surface area contributed by atoms with E-state index in [0.29, 0.717) is 17.4 Å². The second kappa shape index (κ2) is 7.65. The molecule has 0 aliphatic carbocycles. The van der Waals surface area contributed by atoms with Crippen molar-refractivity contribution in [1.82, 2.24) is 4.98 Å². The summed E-state index contributed by atoms with van der Waals surface area (Å²) in [7, 11) is 1.32. The molecule has 122 valence electrons. The zero-order valence-electron chi connectivity index (χ0n) is 13.0. The average molecular weight is 341 g/mol. The SMILES string of the molecule is COC(=O)COc1ccc(CN=Nc2nc3ccccc3s2)cc1. The summed E-state index contributed by atoms with van der Waals surface area (Å²) in [6.45, 7) is 0.348. The van der Waals surface area contributed by atoms with Gasteiger partial charge in [-0.05, 0) is 29.8 Å². The summed E-state index contributed by atoms with van der Waals surface area (Å²) < 4.78 is 10.9. The van der Waals surface area contributed by atoms with Gasteiger partial charge < -0.3 is 9.47 Å². The van der Waals surface area contributed by atoms with Gasteiger partial charge in [-0.2, -0.15) is 5.11 Å². The van der Waals surface area contributed by atoms with E-state index in [-0.39, 0.29) is 6.61 Å². The molecular formula is C17H15N3O3S. The molecule has 2 aromatic carbocycles. The number of hydrogen-bond donors (Lipinski definition) is 0. The van der Waals surface area contributed by atoms with Crippen LogP contribution in [-0.2, 0) is 16.1 Å². The number of carbonyl (C=O) groups is 1. The maximum absolute atomic E-state index is 11.0. The Morgan fingerprint density at radius 2 is 1.96 bits per heavy atom. The summed E-state index contributed by atoms with van der Waals surface area (Å²) in [5, 5.41) is 9.00. The van der Waals surface area contributed by atoms with Crippen molar-refractivity contribution in [2.45, 2.75) is 6.54 Å². The first-order valence-corrected chi connectivity index (χ1v) is 8.08. The molecule has 0 unspecified atom stereocenters. The number of fused-ring (bicyclic) bond motifs is 1. The van der Waals surface area contributed by atoms with Gasteiger partial charge >= 0.3 is 5.97 Å². The number of azo groups is 1. The number of hydrogen-bond acceptors (Lipinski definition) is 7. The van der Waals surface area contributed by atoms with Crippen LogP contribution in [0.2, 0.25) is 0 Å². The van der Waals surface area contributed by atoms with Crippen LogP contribution in [-0.4, -0.2) is 24.7 Å². The van der Waals surface area contributed by atoms with Crippen molar-refractivity contribution in [3.63, 3.8) is 0 Å². The molecule has 0 atom stereocenters. The van der Waals surface area contributed by atoms with E-state index >= 15 is 0 Å². The average Bonchev–Trinajstić information content (AvgIpc) is 3.03. The molecule has 0 fully saturated rings. The van der Waals surface area contributed by atoms with E-state index in [1.54, 1.807) is 12.1 Å². The fourth-order valence-electron chi connectivity index (χ4n) is 1.97. The summed E-state index contributed by atoms with van der Waals surface area (Å²) in [6, 6.07) is 15.2. The van der Waals surface area contributed by atoms with Gasteiger partial charge in [0.15, 0.2) is 6.61 Å². The Balaban J connectivity index is 1.57. The third-order valence-corrected chi connectivity index (χ3v) is 4.12.